The van der Waals surface area contributed by atoms with E-state index in [1.807, 2.05) is 24.3 Å². The van der Waals surface area contributed by atoms with E-state index >= 15 is 0 Å². The molecule has 0 saturated carbocycles. The maximum absolute atomic E-state index is 11.5. The molecule has 0 fully saturated rings. The molecule has 0 aliphatic carbocycles. The van der Waals surface area contributed by atoms with E-state index in [0.717, 1.165) is 0 Å². The first-order valence-corrected chi connectivity index (χ1v) is 6.74. The fraction of sp³-hybridized carbons (Fsp3) is 0.176. The van der Waals surface area contributed by atoms with E-state index in [0.29, 0.717) is 17.1 Å². The number of carbonyl (C=O) groups excluding carboxylic acids is 1. The zero-order valence-electron chi connectivity index (χ0n) is 11.9. The highest BCUT2D eigenvalue weighted by molar-refractivity contribution is 5.71. The first-order chi connectivity index (χ1) is 10.8. The second-order valence-electron chi connectivity index (χ2n) is 4.31. The average Bonchev–Trinajstić information content (AvgIpc) is 2.58. The lowest BCUT2D eigenvalue weighted by molar-refractivity contribution is -0.146. The van der Waals surface area contributed by atoms with Crippen molar-refractivity contribution < 1.29 is 19.0 Å². The van der Waals surface area contributed by atoms with Gasteiger partial charge in [-0.1, -0.05) is 18.2 Å². The highest BCUT2D eigenvalue weighted by Crippen LogP contribution is 2.11. The Labute approximate surface area is 128 Å². The molecule has 0 bridgehead atoms. The second kappa shape index (κ2) is 8.32. The Morgan fingerprint density at radius 1 is 0.909 bits per heavy atom. The smallest absolute Gasteiger partial charge is 0.344 e. The van der Waals surface area contributed by atoms with Crippen molar-refractivity contribution >= 4 is 5.97 Å². The summed E-state index contributed by atoms with van der Waals surface area (Å²) in [5.74, 6) is 0.788. The van der Waals surface area contributed by atoms with Crippen LogP contribution in [0.3, 0.4) is 0 Å². The van der Waals surface area contributed by atoms with E-state index < -0.39 is 5.97 Å². The summed E-state index contributed by atoms with van der Waals surface area (Å²) < 4.78 is 15.6. The van der Waals surface area contributed by atoms with Crippen LogP contribution in [0.5, 0.6) is 11.5 Å². The summed E-state index contributed by atoms with van der Waals surface area (Å²) in [7, 11) is 0. The minimum absolute atomic E-state index is 0.136. The quantitative estimate of drug-likeness (QED) is 0.580. The number of hydrogen-bond donors (Lipinski definition) is 0. The molecule has 2 rings (SSSR count). The van der Waals surface area contributed by atoms with Gasteiger partial charge in [0.1, 0.15) is 24.7 Å². The van der Waals surface area contributed by atoms with Crippen molar-refractivity contribution in [2.24, 2.45) is 0 Å². The molecule has 0 aliphatic heterocycles. The van der Waals surface area contributed by atoms with Gasteiger partial charge in [-0.25, -0.2) is 4.79 Å². The molecule has 5 nitrogen and oxygen atoms in total. The third kappa shape index (κ3) is 5.17. The molecule has 0 amide bonds. The average molecular weight is 297 g/mol. The Bertz CT molecular complexity index is 632. The molecule has 2 aromatic rings. The van der Waals surface area contributed by atoms with Gasteiger partial charge in [-0.15, -0.1) is 0 Å². The van der Waals surface area contributed by atoms with Gasteiger partial charge in [0.05, 0.1) is 11.6 Å². The number of esters is 1. The van der Waals surface area contributed by atoms with E-state index in [2.05, 4.69) is 0 Å². The third-order valence-electron chi connectivity index (χ3n) is 2.70. The maximum Gasteiger partial charge on any atom is 0.344 e. The molecule has 2 aromatic carbocycles. The fourth-order valence-electron chi connectivity index (χ4n) is 1.64. The maximum atomic E-state index is 11.5. The van der Waals surface area contributed by atoms with Crippen LogP contribution < -0.4 is 9.47 Å². The fourth-order valence-corrected chi connectivity index (χ4v) is 1.64. The summed E-state index contributed by atoms with van der Waals surface area (Å²) in [5.41, 5.74) is 0.567. The standard InChI is InChI=1S/C17H15NO4/c18-12-14-6-8-16(9-7-14)20-10-11-21-17(19)13-22-15-4-2-1-3-5-15/h1-9H,10-11,13H2. The van der Waals surface area contributed by atoms with Crippen LogP contribution in [-0.4, -0.2) is 25.8 Å². The summed E-state index contributed by atoms with van der Waals surface area (Å²) >= 11 is 0. The van der Waals surface area contributed by atoms with Gasteiger partial charge in [0.15, 0.2) is 6.61 Å². The molecule has 22 heavy (non-hydrogen) atoms. The lowest BCUT2D eigenvalue weighted by Gasteiger charge is -2.08. The first kappa shape index (κ1) is 15.4. The molecule has 0 radical (unpaired) electrons. The Morgan fingerprint density at radius 2 is 1.59 bits per heavy atom. The van der Waals surface area contributed by atoms with Gasteiger partial charge in [-0.3, -0.25) is 0 Å². The lowest BCUT2D eigenvalue weighted by atomic mass is 10.2. The lowest BCUT2D eigenvalue weighted by Crippen LogP contribution is -2.18. The van der Waals surface area contributed by atoms with E-state index in [9.17, 15) is 4.79 Å². The van der Waals surface area contributed by atoms with Crippen molar-refractivity contribution in [3.05, 3.63) is 60.2 Å². The molecule has 0 N–H and O–H groups in total. The Morgan fingerprint density at radius 3 is 2.27 bits per heavy atom. The number of para-hydroxylation sites is 1. The van der Waals surface area contributed by atoms with Gasteiger partial charge in [0.2, 0.25) is 0 Å². The molecule has 0 unspecified atom stereocenters. The minimum Gasteiger partial charge on any atom is -0.490 e. The Kier molecular flexibility index (Phi) is 5.82. The van der Waals surface area contributed by atoms with Gasteiger partial charge < -0.3 is 14.2 Å². The van der Waals surface area contributed by atoms with Crippen LogP contribution in [0, 0.1) is 11.3 Å². The van der Waals surface area contributed by atoms with Crippen LogP contribution in [0.1, 0.15) is 5.56 Å². The van der Waals surface area contributed by atoms with Crippen LogP contribution >= 0.6 is 0 Å². The highest BCUT2D eigenvalue weighted by atomic mass is 16.6. The van der Waals surface area contributed by atoms with Gasteiger partial charge in [-0.2, -0.15) is 5.26 Å². The highest BCUT2D eigenvalue weighted by Gasteiger charge is 2.04. The SMILES string of the molecule is N#Cc1ccc(OCCOC(=O)COc2ccccc2)cc1. The van der Waals surface area contributed by atoms with Crippen LogP contribution in [0.4, 0.5) is 0 Å². The number of benzene rings is 2. The minimum atomic E-state index is -0.452. The van der Waals surface area contributed by atoms with Crippen molar-refractivity contribution in [2.45, 2.75) is 0 Å². The van der Waals surface area contributed by atoms with E-state index in [1.54, 1.807) is 36.4 Å². The number of rotatable bonds is 7. The van der Waals surface area contributed by atoms with Crippen molar-refractivity contribution in [1.82, 2.24) is 0 Å². The number of nitriles is 1. The van der Waals surface area contributed by atoms with Gasteiger partial charge in [-0.05, 0) is 36.4 Å². The van der Waals surface area contributed by atoms with Crippen molar-refractivity contribution in [1.29, 1.82) is 5.26 Å². The van der Waals surface area contributed by atoms with Crippen LogP contribution in [0.25, 0.3) is 0 Å². The number of hydrogen-bond acceptors (Lipinski definition) is 5. The monoisotopic (exact) mass is 297 g/mol. The number of carbonyl (C=O) groups is 1. The number of nitrogens with zero attached hydrogens (tertiary/aromatic N) is 1. The van der Waals surface area contributed by atoms with E-state index in [4.69, 9.17) is 19.5 Å². The van der Waals surface area contributed by atoms with Gasteiger partial charge in [0, 0.05) is 0 Å². The molecule has 112 valence electrons. The van der Waals surface area contributed by atoms with E-state index in [1.165, 1.54) is 0 Å². The summed E-state index contributed by atoms with van der Waals surface area (Å²) in [6.45, 7) is 0.237. The molecule has 0 atom stereocenters. The molecule has 0 spiro atoms. The third-order valence-corrected chi connectivity index (χ3v) is 2.70. The molecule has 0 aromatic heterocycles. The molecular weight excluding hydrogens is 282 g/mol. The topological polar surface area (TPSA) is 68.5 Å². The first-order valence-electron chi connectivity index (χ1n) is 6.74. The number of ether oxygens (including phenoxy) is 3. The summed E-state index contributed by atoms with van der Waals surface area (Å²) in [5, 5.41) is 8.68. The largest absolute Gasteiger partial charge is 0.490 e. The predicted octanol–water partition coefficient (Wildman–Crippen LogP) is 2.56. The summed E-state index contributed by atoms with van der Waals surface area (Å²) in [4.78, 5) is 11.5. The predicted molar refractivity (Wildman–Crippen MR) is 79.5 cm³/mol. The summed E-state index contributed by atoms with van der Waals surface area (Å²) in [6.07, 6.45) is 0. The normalized spacial score (nSPS) is 9.59. The van der Waals surface area contributed by atoms with Crippen LogP contribution in [-0.2, 0) is 9.53 Å². The van der Waals surface area contributed by atoms with Crippen molar-refractivity contribution in [3.63, 3.8) is 0 Å². The molecule has 0 aliphatic rings. The van der Waals surface area contributed by atoms with Crippen LogP contribution in [0.15, 0.2) is 54.6 Å². The zero-order valence-corrected chi connectivity index (χ0v) is 11.9. The molecule has 0 saturated heterocycles. The zero-order chi connectivity index (χ0) is 15.6. The Balaban J connectivity index is 1.61. The summed E-state index contributed by atoms with van der Waals surface area (Å²) in [6, 6.07) is 17.8. The van der Waals surface area contributed by atoms with Crippen molar-refractivity contribution in [2.75, 3.05) is 19.8 Å². The molecule has 0 heterocycles. The van der Waals surface area contributed by atoms with Gasteiger partial charge in [0.25, 0.3) is 0 Å². The molecule has 5 heteroatoms. The Hall–Kier alpha value is -3.00. The van der Waals surface area contributed by atoms with E-state index in [-0.39, 0.29) is 19.8 Å². The van der Waals surface area contributed by atoms with Crippen LogP contribution in [0.2, 0.25) is 0 Å². The van der Waals surface area contributed by atoms with Crippen molar-refractivity contribution in [3.8, 4) is 17.6 Å². The van der Waals surface area contributed by atoms with Gasteiger partial charge >= 0.3 is 5.97 Å². The molecular formula is C17H15NO4. The second-order valence-corrected chi connectivity index (χ2v) is 4.31.